The fourth-order valence-corrected chi connectivity index (χ4v) is 3.16. The van der Waals surface area contributed by atoms with Crippen LogP contribution in [0.2, 0.25) is 10.0 Å². The molecule has 3 N–H and O–H groups in total. The van der Waals surface area contributed by atoms with E-state index >= 15 is 0 Å². The molecule has 0 spiro atoms. The molecule has 0 atom stereocenters. The third-order valence-corrected chi connectivity index (χ3v) is 4.46. The van der Waals surface area contributed by atoms with E-state index in [1.54, 1.807) is 18.2 Å². The van der Waals surface area contributed by atoms with Crippen LogP contribution in [-0.2, 0) is 11.2 Å². The highest BCUT2D eigenvalue weighted by Crippen LogP contribution is 2.29. The summed E-state index contributed by atoms with van der Waals surface area (Å²) < 4.78 is 0. The van der Waals surface area contributed by atoms with Gasteiger partial charge in [-0.15, -0.1) is 0 Å². The normalized spacial score (nSPS) is 17.4. The second-order valence-electron chi connectivity index (χ2n) is 5.12. The van der Waals surface area contributed by atoms with Gasteiger partial charge in [0.25, 0.3) is 0 Å². The molecule has 1 saturated carbocycles. The lowest BCUT2D eigenvalue weighted by Gasteiger charge is -2.28. The molecule has 1 amide bonds. The molecule has 0 aromatic heterocycles. The highest BCUT2D eigenvalue weighted by atomic mass is 35.5. The van der Waals surface area contributed by atoms with E-state index in [1.807, 2.05) is 0 Å². The summed E-state index contributed by atoms with van der Waals surface area (Å²) >= 11 is 12.1. The summed E-state index contributed by atoms with van der Waals surface area (Å²) in [5, 5.41) is 4.11. The molecule has 0 unspecified atom stereocenters. The van der Waals surface area contributed by atoms with Crippen molar-refractivity contribution in [1.29, 1.82) is 0 Å². The van der Waals surface area contributed by atoms with Crippen molar-refractivity contribution in [2.75, 3.05) is 6.54 Å². The van der Waals surface area contributed by atoms with Crippen LogP contribution in [-0.4, -0.2) is 18.0 Å². The van der Waals surface area contributed by atoms with E-state index < -0.39 is 0 Å². The Bertz CT molecular complexity index is 450. The summed E-state index contributed by atoms with van der Waals surface area (Å²) in [7, 11) is 0. The highest BCUT2D eigenvalue weighted by Gasteiger charge is 2.33. The second-order valence-corrected chi connectivity index (χ2v) is 5.93. The monoisotopic (exact) mass is 300 g/mol. The van der Waals surface area contributed by atoms with Crippen LogP contribution >= 0.6 is 23.2 Å². The van der Waals surface area contributed by atoms with Gasteiger partial charge in [0.15, 0.2) is 0 Å². The predicted molar refractivity (Wildman–Crippen MR) is 78.6 cm³/mol. The number of rotatable bonds is 4. The lowest BCUT2D eigenvalue weighted by atomic mass is 9.97. The van der Waals surface area contributed by atoms with Crippen LogP contribution in [0.15, 0.2) is 18.2 Å². The number of carbonyl (C=O) groups excluding carboxylic acids is 1. The van der Waals surface area contributed by atoms with Crippen LogP contribution in [0, 0.1) is 0 Å². The Morgan fingerprint density at radius 1 is 1.26 bits per heavy atom. The molecule has 19 heavy (non-hydrogen) atoms. The predicted octanol–water partition coefficient (Wildman–Crippen LogP) is 2.92. The van der Waals surface area contributed by atoms with Crippen LogP contribution in [0.3, 0.4) is 0 Å². The van der Waals surface area contributed by atoms with Crippen molar-refractivity contribution in [2.24, 2.45) is 5.73 Å². The Morgan fingerprint density at radius 2 is 1.84 bits per heavy atom. The molecule has 1 aliphatic rings. The standard InChI is InChI=1S/C14H18Cl2N2O/c15-11-4-3-5-12(16)10(11)8-13(19)18-14(9-17)6-1-2-7-14/h3-5H,1-2,6-9,17H2,(H,18,19). The van der Waals surface area contributed by atoms with Crippen molar-refractivity contribution in [2.45, 2.75) is 37.6 Å². The van der Waals surface area contributed by atoms with Gasteiger partial charge in [0.05, 0.1) is 12.0 Å². The van der Waals surface area contributed by atoms with Gasteiger partial charge in [-0.1, -0.05) is 42.1 Å². The molecule has 0 radical (unpaired) electrons. The molecule has 2 rings (SSSR count). The summed E-state index contributed by atoms with van der Waals surface area (Å²) in [6.45, 7) is 0.481. The van der Waals surface area contributed by atoms with Crippen molar-refractivity contribution in [3.8, 4) is 0 Å². The molecule has 0 bridgehead atoms. The van der Waals surface area contributed by atoms with E-state index in [2.05, 4.69) is 5.32 Å². The minimum atomic E-state index is -0.231. The fourth-order valence-electron chi connectivity index (χ4n) is 2.63. The minimum Gasteiger partial charge on any atom is -0.349 e. The minimum absolute atomic E-state index is 0.0673. The van der Waals surface area contributed by atoms with Gasteiger partial charge in [-0.3, -0.25) is 4.79 Å². The van der Waals surface area contributed by atoms with E-state index in [0.29, 0.717) is 22.2 Å². The van der Waals surface area contributed by atoms with Crippen LogP contribution in [0.4, 0.5) is 0 Å². The quantitative estimate of drug-likeness (QED) is 0.898. The maximum atomic E-state index is 12.2. The van der Waals surface area contributed by atoms with Gasteiger partial charge in [0.1, 0.15) is 0 Å². The van der Waals surface area contributed by atoms with E-state index in [0.717, 1.165) is 25.7 Å². The molecular weight excluding hydrogens is 283 g/mol. The molecular formula is C14H18Cl2N2O. The number of hydrogen-bond acceptors (Lipinski definition) is 2. The second kappa shape index (κ2) is 6.12. The van der Waals surface area contributed by atoms with Crippen molar-refractivity contribution in [3.63, 3.8) is 0 Å². The first-order chi connectivity index (χ1) is 9.06. The summed E-state index contributed by atoms with van der Waals surface area (Å²) in [6.07, 6.45) is 4.33. The SMILES string of the molecule is NCC1(NC(=O)Cc2c(Cl)cccc2Cl)CCCC1. The van der Waals surface area contributed by atoms with Crippen LogP contribution in [0.5, 0.6) is 0 Å². The Kier molecular flexibility index (Phi) is 4.71. The number of benzene rings is 1. The molecule has 0 heterocycles. The van der Waals surface area contributed by atoms with Crippen molar-refractivity contribution in [1.82, 2.24) is 5.32 Å². The van der Waals surface area contributed by atoms with Gasteiger partial charge < -0.3 is 11.1 Å². The summed E-state index contributed by atoms with van der Waals surface area (Å²) in [5.41, 5.74) is 6.25. The zero-order valence-electron chi connectivity index (χ0n) is 10.7. The number of hydrogen-bond donors (Lipinski definition) is 2. The maximum absolute atomic E-state index is 12.2. The molecule has 0 aliphatic heterocycles. The van der Waals surface area contributed by atoms with E-state index in [9.17, 15) is 4.79 Å². The zero-order chi connectivity index (χ0) is 13.9. The Hall–Kier alpha value is -0.770. The van der Waals surface area contributed by atoms with E-state index in [4.69, 9.17) is 28.9 Å². The number of carbonyl (C=O) groups is 1. The Labute approximate surface area is 123 Å². The smallest absolute Gasteiger partial charge is 0.225 e. The summed E-state index contributed by atoms with van der Waals surface area (Å²) in [6, 6.07) is 5.25. The van der Waals surface area contributed by atoms with Crippen molar-refractivity contribution < 1.29 is 4.79 Å². The van der Waals surface area contributed by atoms with Crippen molar-refractivity contribution in [3.05, 3.63) is 33.8 Å². The molecule has 1 fully saturated rings. The van der Waals surface area contributed by atoms with Crippen LogP contribution < -0.4 is 11.1 Å². The van der Waals surface area contributed by atoms with Crippen molar-refractivity contribution >= 4 is 29.1 Å². The first-order valence-corrected chi connectivity index (χ1v) is 7.26. The number of halogens is 2. The first kappa shape index (κ1) is 14.6. The van der Waals surface area contributed by atoms with Crippen LogP contribution in [0.25, 0.3) is 0 Å². The van der Waals surface area contributed by atoms with Gasteiger partial charge in [-0.05, 0) is 30.5 Å². The number of nitrogens with two attached hydrogens (primary N) is 1. The summed E-state index contributed by atoms with van der Waals surface area (Å²) in [4.78, 5) is 12.2. The van der Waals surface area contributed by atoms with E-state index in [1.165, 1.54) is 0 Å². The average molecular weight is 301 g/mol. The molecule has 1 aliphatic carbocycles. The van der Waals surface area contributed by atoms with E-state index in [-0.39, 0.29) is 17.9 Å². The average Bonchev–Trinajstić information content (AvgIpc) is 2.83. The van der Waals surface area contributed by atoms with Gasteiger partial charge in [0, 0.05) is 16.6 Å². The number of amides is 1. The van der Waals surface area contributed by atoms with Gasteiger partial charge in [-0.25, -0.2) is 0 Å². The maximum Gasteiger partial charge on any atom is 0.225 e. The number of nitrogens with one attached hydrogen (secondary N) is 1. The molecule has 1 aromatic rings. The molecule has 5 heteroatoms. The zero-order valence-corrected chi connectivity index (χ0v) is 12.2. The largest absolute Gasteiger partial charge is 0.349 e. The lowest BCUT2D eigenvalue weighted by Crippen LogP contribution is -2.52. The molecule has 1 aromatic carbocycles. The lowest BCUT2D eigenvalue weighted by molar-refractivity contribution is -0.122. The van der Waals surface area contributed by atoms with Gasteiger partial charge in [0.2, 0.25) is 5.91 Å². The third kappa shape index (κ3) is 3.41. The molecule has 3 nitrogen and oxygen atoms in total. The van der Waals surface area contributed by atoms with Crippen LogP contribution in [0.1, 0.15) is 31.2 Å². The topological polar surface area (TPSA) is 55.1 Å². The highest BCUT2D eigenvalue weighted by molar-refractivity contribution is 6.36. The Morgan fingerprint density at radius 3 is 2.37 bits per heavy atom. The third-order valence-electron chi connectivity index (χ3n) is 3.76. The molecule has 104 valence electrons. The molecule has 0 saturated heterocycles. The summed E-state index contributed by atoms with van der Waals surface area (Å²) in [5.74, 6) is -0.0673. The first-order valence-electron chi connectivity index (χ1n) is 6.50. The van der Waals surface area contributed by atoms with Gasteiger partial charge >= 0.3 is 0 Å². The van der Waals surface area contributed by atoms with Gasteiger partial charge in [-0.2, -0.15) is 0 Å². The fraction of sp³-hybridized carbons (Fsp3) is 0.500. The Balaban J connectivity index is 2.05.